The first kappa shape index (κ1) is 27.6. The summed E-state index contributed by atoms with van der Waals surface area (Å²) in [5.74, 6) is -0.939. The van der Waals surface area contributed by atoms with Crippen LogP contribution in [0.3, 0.4) is 0 Å². The van der Waals surface area contributed by atoms with E-state index in [1.165, 1.54) is 83.1 Å². The molecule has 0 fully saturated rings. The summed E-state index contributed by atoms with van der Waals surface area (Å²) in [4.78, 5) is 10.3. The SMILES string of the molecule is CCCCCCCCCCCCC/C=C/C=C/C=C/C=C/C=C/C=C/C=C/C(=O)O. The van der Waals surface area contributed by atoms with Crippen LogP contribution in [0.1, 0.15) is 84.0 Å². The summed E-state index contributed by atoms with van der Waals surface area (Å²) in [6.07, 6.45) is 42.6. The minimum absolute atomic E-state index is 0.939. The third-order valence-electron chi connectivity index (χ3n) is 4.57. The Morgan fingerprint density at radius 3 is 1.33 bits per heavy atom. The smallest absolute Gasteiger partial charge is 0.328 e. The van der Waals surface area contributed by atoms with E-state index in [2.05, 4.69) is 25.2 Å². The van der Waals surface area contributed by atoms with Gasteiger partial charge in [-0.3, -0.25) is 0 Å². The summed E-state index contributed by atoms with van der Waals surface area (Å²) in [6.45, 7) is 2.28. The standard InChI is InChI=1S/C28H42O2/c1-2-3-4-5-6-7-8-9-10-11-12-13-14-15-16-17-18-19-20-21-22-23-24-25-26-27-28(29)30/h14-27H,2-13H2,1H3,(H,29,30)/b15-14+,17-16+,19-18+,21-20+,23-22+,25-24+,27-26+. The highest BCUT2D eigenvalue weighted by atomic mass is 16.4. The summed E-state index contributed by atoms with van der Waals surface area (Å²) in [6, 6.07) is 0. The highest BCUT2D eigenvalue weighted by Gasteiger charge is 1.92. The number of allylic oxidation sites excluding steroid dienone is 13. The van der Waals surface area contributed by atoms with E-state index in [1.54, 1.807) is 12.2 Å². The lowest BCUT2D eigenvalue weighted by Crippen LogP contribution is -1.84. The van der Waals surface area contributed by atoms with Gasteiger partial charge >= 0.3 is 5.97 Å². The maximum Gasteiger partial charge on any atom is 0.328 e. The molecule has 1 N–H and O–H groups in total. The van der Waals surface area contributed by atoms with Crippen molar-refractivity contribution < 1.29 is 9.90 Å². The average molecular weight is 411 g/mol. The maximum absolute atomic E-state index is 10.3. The van der Waals surface area contributed by atoms with Gasteiger partial charge in [0.25, 0.3) is 0 Å². The van der Waals surface area contributed by atoms with E-state index in [1.807, 2.05) is 42.5 Å². The van der Waals surface area contributed by atoms with Crippen LogP contribution < -0.4 is 0 Å². The molecule has 0 rings (SSSR count). The number of unbranched alkanes of at least 4 members (excludes halogenated alkanes) is 11. The first-order valence-corrected chi connectivity index (χ1v) is 11.7. The van der Waals surface area contributed by atoms with Gasteiger partial charge in [0.1, 0.15) is 0 Å². The Morgan fingerprint density at radius 2 is 0.900 bits per heavy atom. The normalized spacial score (nSPS) is 13.1. The van der Waals surface area contributed by atoms with E-state index in [0.29, 0.717) is 0 Å². The van der Waals surface area contributed by atoms with Gasteiger partial charge in [0.05, 0.1) is 0 Å². The Kier molecular flexibility index (Phi) is 22.8. The monoisotopic (exact) mass is 410 g/mol. The molecule has 2 heteroatoms. The summed E-state index contributed by atoms with van der Waals surface area (Å²) in [5, 5.41) is 8.43. The van der Waals surface area contributed by atoms with Crippen LogP contribution in [-0.2, 0) is 4.79 Å². The van der Waals surface area contributed by atoms with Gasteiger partial charge in [-0.25, -0.2) is 4.79 Å². The van der Waals surface area contributed by atoms with Crippen molar-refractivity contribution in [2.75, 3.05) is 0 Å². The van der Waals surface area contributed by atoms with Gasteiger partial charge in [0.15, 0.2) is 0 Å². The highest BCUT2D eigenvalue weighted by Crippen LogP contribution is 2.12. The molecular formula is C28H42O2. The topological polar surface area (TPSA) is 37.3 Å². The Labute approximate surface area is 185 Å². The summed E-state index contributed by atoms with van der Waals surface area (Å²) in [7, 11) is 0. The zero-order chi connectivity index (χ0) is 22.0. The predicted octanol–water partition coefficient (Wildman–Crippen LogP) is 8.67. The first-order chi connectivity index (χ1) is 14.8. The molecular weight excluding hydrogens is 368 g/mol. The molecule has 2 nitrogen and oxygen atoms in total. The second-order valence-corrected chi connectivity index (χ2v) is 7.37. The first-order valence-electron chi connectivity index (χ1n) is 11.7. The van der Waals surface area contributed by atoms with Gasteiger partial charge in [0, 0.05) is 6.08 Å². The molecule has 30 heavy (non-hydrogen) atoms. The number of carbonyl (C=O) groups is 1. The molecule has 0 aliphatic rings. The molecule has 0 heterocycles. The third kappa shape index (κ3) is 25.6. The van der Waals surface area contributed by atoms with Crippen molar-refractivity contribution in [1.29, 1.82) is 0 Å². The van der Waals surface area contributed by atoms with Crippen molar-refractivity contribution in [2.24, 2.45) is 0 Å². The van der Waals surface area contributed by atoms with E-state index in [-0.39, 0.29) is 0 Å². The number of carboxylic acid groups (broad SMARTS) is 1. The van der Waals surface area contributed by atoms with Crippen LogP contribution in [0.4, 0.5) is 0 Å². The van der Waals surface area contributed by atoms with Gasteiger partial charge in [-0.05, 0) is 12.8 Å². The van der Waals surface area contributed by atoms with Crippen LogP contribution in [0.2, 0.25) is 0 Å². The fourth-order valence-electron chi connectivity index (χ4n) is 2.88. The van der Waals surface area contributed by atoms with E-state index < -0.39 is 5.97 Å². The molecule has 0 spiro atoms. The number of rotatable bonds is 19. The molecule has 0 saturated heterocycles. The van der Waals surface area contributed by atoms with E-state index in [4.69, 9.17) is 5.11 Å². The highest BCUT2D eigenvalue weighted by molar-refractivity contribution is 5.80. The molecule has 0 amide bonds. The molecule has 0 unspecified atom stereocenters. The minimum atomic E-state index is -0.939. The molecule has 0 aliphatic heterocycles. The summed E-state index contributed by atoms with van der Waals surface area (Å²) in [5.41, 5.74) is 0. The van der Waals surface area contributed by atoms with Crippen LogP contribution in [0, 0.1) is 0 Å². The van der Waals surface area contributed by atoms with Crippen molar-refractivity contribution in [3.8, 4) is 0 Å². The lowest BCUT2D eigenvalue weighted by atomic mass is 10.1. The second-order valence-electron chi connectivity index (χ2n) is 7.37. The van der Waals surface area contributed by atoms with Gasteiger partial charge in [-0.1, -0.05) is 150 Å². The number of hydrogen-bond acceptors (Lipinski definition) is 1. The largest absolute Gasteiger partial charge is 0.478 e. The van der Waals surface area contributed by atoms with Gasteiger partial charge in [-0.2, -0.15) is 0 Å². The van der Waals surface area contributed by atoms with E-state index in [0.717, 1.165) is 6.08 Å². The fraction of sp³-hybridized carbons (Fsp3) is 0.464. The van der Waals surface area contributed by atoms with Crippen molar-refractivity contribution in [3.05, 3.63) is 85.1 Å². The molecule has 0 aromatic carbocycles. The van der Waals surface area contributed by atoms with Crippen LogP contribution in [0.25, 0.3) is 0 Å². The molecule has 0 aromatic heterocycles. The molecule has 0 aliphatic carbocycles. The fourth-order valence-corrected chi connectivity index (χ4v) is 2.88. The molecule has 0 saturated carbocycles. The van der Waals surface area contributed by atoms with Crippen LogP contribution in [0.15, 0.2) is 85.1 Å². The Hall–Kier alpha value is -2.35. The van der Waals surface area contributed by atoms with Crippen molar-refractivity contribution >= 4 is 5.97 Å². The minimum Gasteiger partial charge on any atom is -0.478 e. The van der Waals surface area contributed by atoms with E-state index in [9.17, 15) is 4.79 Å². The number of carboxylic acids is 1. The molecule has 0 radical (unpaired) electrons. The summed E-state index contributed by atoms with van der Waals surface area (Å²) >= 11 is 0. The quantitative estimate of drug-likeness (QED) is 0.131. The Bertz CT molecular complexity index is 586. The zero-order valence-corrected chi connectivity index (χ0v) is 18.9. The number of hydrogen-bond donors (Lipinski definition) is 1. The predicted molar refractivity (Wildman–Crippen MR) is 133 cm³/mol. The molecule has 0 bridgehead atoms. The lowest BCUT2D eigenvalue weighted by Gasteiger charge is -2.01. The van der Waals surface area contributed by atoms with Gasteiger partial charge in [0.2, 0.25) is 0 Å². The van der Waals surface area contributed by atoms with E-state index >= 15 is 0 Å². The Balaban J connectivity index is 3.52. The van der Waals surface area contributed by atoms with Crippen LogP contribution in [0.5, 0.6) is 0 Å². The maximum atomic E-state index is 10.3. The zero-order valence-electron chi connectivity index (χ0n) is 18.9. The van der Waals surface area contributed by atoms with Gasteiger partial charge < -0.3 is 5.11 Å². The van der Waals surface area contributed by atoms with Crippen molar-refractivity contribution in [3.63, 3.8) is 0 Å². The van der Waals surface area contributed by atoms with Crippen LogP contribution >= 0.6 is 0 Å². The third-order valence-corrected chi connectivity index (χ3v) is 4.57. The Morgan fingerprint density at radius 1 is 0.533 bits per heavy atom. The van der Waals surface area contributed by atoms with Gasteiger partial charge in [-0.15, -0.1) is 0 Å². The van der Waals surface area contributed by atoms with Crippen molar-refractivity contribution in [2.45, 2.75) is 84.0 Å². The van der Waals surface area contributed by atoms with Crippen molar-refractivity contribution in [1.82, 2.24) is 0 Å². The lowest BCUT2D eigenvalue weighted by molar-refractivity contribution is -0.131. The van der Waals surface area contributed by atoms with Crippen LogP contribution in [-0.4, -0.2) is 11.1 Å². The molecule has 166 valence electrons. The molecule has 0 atom stereocenters. The second kappa shape index (κ2) is 24.7. The summed E-state index contributed by atoms with van der Waals surface area (Å²) < 4.78 is 0. The number of aliphatic carboxylic acids is 1. The average Bonchev–Trinajstić information content (AvgIpc) is 2.73. The molecule has 0 aromatic rings.